The van der Waals surface area contributed by atoms with Crippen molar-refractivity contribution < 1.29 is 9.90 Å². The Kier molecular flexibility index (Phi) is 3.06. The molecule has 1 aliphatic rings. The van der Waals surface area contributed by atoms with E-state index in [0.29, 0.717) is 6.04 Å². The van der Waals surface area contributed by atoms with E-state index in [1.807, 2.05) is 6.07 Å². The van der Waals surface area contributed by atoms with E-state index >= 15 is 0 Å². The Balaban J connectivity index is 2.11. The standard InChI is InChI=1S/C15H19N3O2S/c1-14(2)12(15(14,3)4)18-10-5-6-16-7-9(10)17-13(18)21-8-11(19)20/h5-7,12H,8H2,1-4H3,(H,19,20). The molecule has 0 amide bonds. The number of carbonyl (C=O) groups is 1. The molecule has 6 heteroatoms. The number of aliphatic carboxylic acids is 1. The predicted octanol–water partition coefficient (Wildman–Crippen LogP) is 3.22. The van der Waals surface area contributed by atoms with Gasteiger partial charge < -0.3 is 9.67 Å². The van der Waals surface area contributed by atoms with Gasteiger partial charge in [-0.15, -0.1) is 0 Å². The van der Waals surface area contributed by atoms with Gasteiger partial charge >= 0.3 is 5.97 Å². The molecule has 0 unspecified atom stereocenters. The topological polar surface area (TPSA) is 68.0 Å². The van der Waals surface area contributed by atoms with E-state index < -0.39 is 5.97 Å². The summed E-state index contributed by atoms with van der Waals surface area (Å²) < 4.78 is 2.20. The average Bonchev–Trinajstić information content (AvgIpc) is 2.71. The highest BCUT2D eigenvalue weighted by molar-refractivity contribution is 7.99. The van der Waals surface area contributed by atoms with Crippen LogP contribution >= 0.6 is 11.8 Å². The fourth-order valence-corrected chi connectivity index (χ4v) is 3.97. The summed E-state index contributed by atoms with van der Waals surface area (Å²) in [5, 5.41) is 9.70. The Morgan fingerprint density at radius 1 is 1.38 bits per heavy atom. The van der Waals surface area contributed by atoms with E-state index in [1.54, 1.807) is 12.4 Å². The number of carboxylic acids is 1. The Morgan fingerprint density at radius 3 is 2.62 bits per heavy atom. The molecule has 2 heterocycles. The Bertz CT molecular complexity index is 707. The SMILES string of the molecule is CC1(C)C(n2c(SCC(=O)O)nc3cnccc32)C1(C)C. The lowest BCUT2D eigenvalue weighted by molar-refractivity contribution is -0.133. The third-order valence-corrected chi connectivity index (χ3v) is 5.92. The zero-order chi connectivity index (χ0) is 15.4. The third kappa shape index (κ3) is 2.04. The second-order valence-corrected chi connectivity index (χ2v) is 7.60. The molecular formula is C15H19N3O2S. The molecule has 2 aromatic rings. The van der Waals surface area contributed by atoms with Gasteiger partial charge in [-0.2, -0.15) is 0 Å². The van der Waals surface area contributed by atoms with E-state index in [9.17, 15) is 4.79 Å². The van der Waals surface area contributed by atoms with Crippen LogP contribution in [-0.4, -0.2) is 31.4 Å². The van der Waals surface area contributed by atoms with Crippen LogP contribution in [0, 0.1) is 10.8 Å². The van der Waals surface area contributed by atoms with Crippen LogP contribution in [0.1, 0.15) is 33.7 Å². The van der Waals surface area contributed by atoms with Gasteiger partial charge in [-0.05, 0) is 16.9 Å². The Hall–Kier alpha value is -1.56. The fraction of sp³-hybridized carbons (Fsp3) is 0.533. The molecule has 21 heavy (non-hydrogen) atoms. The van der Waals surface area contributed by atoms with E-state index in [2.05, 4.69) is 42.2 Å². The van der Waals surface area contributed by atoms with Gasteiger partial charge in [0.05, 0.1) is 17.5 Å². The number of nitrogens with zero attached hydrogens (tertiary/aromatic N) is 3. The van der Waals surface area contributed by atoms with Crippen LogP contribution in [0.5, 0.6) is 0 Å². The highest BCUT2D eigenvalue weighted by atomic mass is 32.2. The number of fused-ring (bicyclic) bond motifs is 1. The minimum atomic E-state index is -0.828. The Labute approximate surface area is 127 Å². The molecule has 3 rings (SSSR count). The molecule has 1 N–H and O–H groups in total. The zero-order valence-electron chi connectivity index (χ0n) is 12.6. The summed E-state index contributed by atoms with van der Waals surface area (Å²) in [6.07, 6.45) is 3.49. The molecule has 0 bridgehead atoms. The maximum atomic E-state index is 10.9. The van der Waals surface area contributed by atoms with E-state index in [4.69, 9.17) is 5.11 Å². The molecule has 0 saturated heterocycles. The smallest absolute Gasteiger partial charge is 0.313 e. The monoisotopic (exact) mass is 305 g/mol. The van der Waals surface area contributed by atoms with Gasteiger partial charge in [0.15, 0.2) is 5.16 Å². The third-order valence-electron chi connectivity index (χ3n) is 4.99. The van der Waals surface area contributed by atoms with Crippen LogP contribution in [-0.2, 0) is 4.79 Å². The van der Waals surface area contributed by atoms with E-state index in [1.165, 1.54) is 11.8 Å². The fourth-order valence-electron chi connectivity index (χ4n) is 3.21. The van der Waals surface area contributed by atoms with Gasteiger partial charge in [-0.25, -0.2) is 4.98 Å². The van der Waals surface area contributed by atoms with Crippen LogP contribution in [0.4, 0.5) is 0 Å². The molecule has 112 valence electrons. The van der Waals surface area contributed by atoms with Crippen molar-refractivity contribution in [2.45, 2.75) is 38.9 Å². The number of aromatic nitrogens is 3. The van der Waals surface area contributed by atoms with Gasteiger partial charge in [0.1, 0.15) is 5.52 Å². The molecule has 1 aliphatic carbocycles. The molecular weight excluding hydrogens is 286 g/mol. The molecule has 0 aromatic carbocycles. The lowest BCUT2D eigenvalue weighted by Crippen LogP contribution is -2.05. The number of thioether (sulfide) groups is 1. The van der Waals surface area contributed by atoms with E-state index in [-0.39, 0.29) is 16.6 Å². The second-order valence-electron chi connectivity index (χ2n) is 6.66. The van der Waals surface area contributed by atoms with Crippen molar-refractivity contribution in [1.82, 2.24) is 14.5 Å². The number of pyridine rings is 1. The van der Waals surface area contributed by atoms with Crippen molar-refractivity contribution in [1.29, 1.82) is 0 Å². The molecule has 0 radical (unpaired) electrons. The normalized spacial score (nSPS) is 19.8. The van der Waals surface area contributed by atoms with Crippen LogP contribution in [0.3, 0.4) is 0 Å². The van der Waals surface area contributed by atoms with Crippen LogP contribution < -0.4 is 0 Å². The highest BCUT2D eigenvalue weighted by Crippen LogP contribution is 2.72. The van der Waals surface area contributed by atoms with Crippen molar-refractivity contribution in [3.63, 3.8) is 0 Å². The quantitative estimate of drug-likeness (QED) is 0.878. The number of imidazole rings is 1. The lowest BCUT2D eigenvalue weighted by Gasteiger charge is -2.10. The first kappa shape index (κ1) is 14.4. The summed E-state index contributed by atoms with van der Waals surface area (Å²) in [5.41, 5.74) is 2.16. The average molecular weight is 305 g/mol. The zero-order valence-corrected chi connectivity index (χ0v) is 13.4. The van der Waals surface area contributed by atoms with Crippen molar-refractivity contribution >= 4 is 28.8 Å². The number of hydrogen-bond donors (Lipinski definition) is 1. The number of hydrogen-bond acceptors (Lipinski definition) is 4. The summed E-state index contributed by atoms with van der Waals surface area (Å²) in [7, 11) is 0. The molecule has 2 aromatic heterocycles. The minimum Gasteiger partial charge on any atom is -0.481 e. The lowest BCUT2D eigenvalue weighted by atomic mass is 10.0. The maximum absolute atomic E-state index is 10.9. The predicted molar refractivity (Wildman–Crippen MR) is 82.5 cm³/mol. The largest absolute Gasteiger partial charge is 0.481 e. The summed E-state index contributed by atoms with van der Waals surface area (Å²) in [5.74, 6) is -0.810. The van der Waals surface area contributed by atoms with Crippen molar-refractivity contribution in [3.8, 4) is 0 Å². The van der Waals surface area contributed by atoms with Crippen molar-refractivity contribution in [3.05, 3.63) is 18.5 Å². The number of rotatable bonds is 4. The van der Waals surface area contributed by atoms with Crippen molar-refractivity contribution in [2.24, 2.45) is 10.8 Å². The van der Waals surface area contributed by atoms with Crippen molar-refractivity contribution in [2.75, 3.05) is 5.75 Å². The second kappa shape index (κ2) is 4.47. The molecule has 0 spiro atoms. The number of carboxylic acid groups (broad SMARTS) is 1. The van der Waals surface area contributed by atoms with Gasteiger partial charge in [-0.1, -0.05) is 39.5 Å². The van der Waals surface area contributed by atoms with Gasteiger partial charge in [-0.3, -0.25) is 9.78 Å². The molecule has 0 aliphatic heterocycles. The van der Waals surface area contributed by atoms with Gasteiger partial charge in [0.2, 0.25) is 0 Å². The van der Waals surface area contributed by atoms with Crippen LogP contribution in [0.15, 0.2) is 23.6 Å². The summed E-state index contributed by atoms with van der Waals surface area (Å²) in [6, 6.07) is 2.27. The van der Waals surface area contributed by atoms with Crippen LogP contribution in [0.25, 0.3) is 11.0 Å². The van der Waals surface area contributed by atoms with Gasteiger partial charge in [0, 0.05) is 12.2 Å². The molecule has 0 atom stereocenters. The summed E-state index contributed by atoms with van der Waals surface area (Å²) in [4.78, 5) is 19.6. The van der Waals surface area contributed by atoms with Crippen LogP contribution in [0.2, 0.25) is 0 Å². The molecule has 1 saturated carbocycles. The summed E-state index contributed by atoms with van der Waals surface area (Å²) in [6.45, 7) is 8.99. The van der Waals surface area contributed by atoms with Gasteiger partial charge in [0.25, 0.3) is 0 Å². The molecule has 1 fully saturated rings. The minimum absolute atomic E-state index is 0.0182. The Morgan fingerprint density at radius 2 is 2.05 bits per heavy atom. The van der Waals surface area contributed by atoms with E-state index in [0.717, 1.165) is 16.2 Å². The first-order valence-electron chi connectivity index (χ1n) is 6.93. The highest BCUT2D eigenvalue weighted by Gasteiger charge is 2.66. The maximum Gasteiger partial charge on any atom is 0.313 e. The molecule has 5 nitrogen and oxygen atoms in total. The first-order chi connectivity index (χ1) is 9.76. The first-order valence-corrected chi connectivity index (χ1v) is 7.92. The summed E-state index contributed by atoms with van der Waals surface area (Å²) >= 11 is 1.28.